The predicted octanol–water partition coefficient (Wildman–Crippen LogP) is 3.37. The summed E-state index contributed by atoms with van der Waals surface area (Å²) in [6.07, 6.45) is 1.95. The van der Waals surface area contributed by atoms with Gasteiger partial charge in [-0.1, -0.05) is 30.3 Å². The first-order chi connectivity index (χ1) is 10.8. The van der Waals surface area contributed by atoms with E-state index in [0.29, 0.717) is 17.8 Å². The number of carbonyl (C=O) groups excluding carboxylic acids is 1. The summed E-state index contributed by atoms with van der Waals surface area (Å²) in [5, 5.41) is 0. The van der Waals surface area contributed by atoms with Crippen molar-refractivity contribution in [1.29, 1.82) is 0 Å². The van der Waals surface area contributed by atoms with Crippen LogP contribution in [0.1, 0.15) is 45.1 Å². The number of hydrogen-bond acceptors (Lipinski definition) is 3. The number of rotatable bonds is 3. The van der Waals surface area contributed by atoms with Crippen molar-refractivity contribution in [3.8, 4) is 0 Å². The Kier molecular flexibility index (Phi) is 4.37. The quantitative estimate of drug-likeness (QED) is 0.930. The summed E-state index contributed by atoms with van der Waals surface area (Å²) in [4.78, 5) is 14.0. The number of nitrogens with zero attached hydrogens (tertiary/aromatic N) is 1. The molecule has 2 aliphatic rings. The second-order valence-corrected chi connectivity index (χ2v) is 7.97. The van der Waals surface area contributed by atoms with Gasteiger partial charge in [-0.05, 0) is 56.9 Å². The van der Waals surface area contributed by atoms with E-state index in [2.05, 4.69) is 30.3 Å². The van der Waals surface area contributed by atoms with E-state index < -0.39 is 5.60 Å². The minimum absolute atomic E-state index is 0.174. The van der Waals surface area contributed by atoms with Gasteiger partial charge >= 0.3 is 6.09 Å². The van der Waals surface area contributed by atoms with Gasteiger partial charge < -0.3 is 15.4 Å². The molecule has 3 rings (SSSR count). The topological polar surface area (TPSA) is 55.6 Å². The van der Waals surface area contributed by atoms with Crippen LogP contribution < -0.4 is 5.73 Å². The molecule has 1 aromatic carbocycles. The Morgan fingerprint density at radius 1 is 1.30 bits per heavy atom. The molecule has 4 atom stereocenters. The highest BCUT2D eigenvalue weighted by molar-refractivity contribution is 5.68. The zero-order valence-electron chi connectivity index (χ0n) is 14.4. The van der Waals surface area contributed by atoms with E-state index in [1.54, 1.807) is 0 Å². The maximum atomic E-state index is 12.2. The zero-order valence-corrected chi connectivity index (χ0v) is 14.4. The number of ether oxygens (including phenoxy) is 1. The summed E-state index contributed by atoms with van der Waals surface area (Å²) in [5.41, 5.74) is 7.48. The predicted molar refractivity (Wildman–Crippen MR) is 91.2 cm³/mol. The highest BCUT2D eigenvalue weighted by Crippen LogP contribution is 2.51. The van der Waals surface area contributed by atoms with E-state index in [1.165, 1.54) is 12.0 Å². The molecule has 1 heterocycles. The number of likely N-dealkylation sites (tertiary alicyclic amines) is 1. The molecule has 1 aliphatic carbocycles. The molecular formula is C19H28N2O2. The first-order valence-electron chi connectivity index (χ1n) is 8.63. The molecule has 0 radical (unpaired) electrons. The molecule has 0 bridgehead atoms. The van der Waals surface area contributed by atoms with E-state index >= 15 is 0 Å². The van der Waals surface area contributed by atoms with Gasteiger partial charge in [-0.15, -0.1) is 0 Å². The average molecular weight is 316 g/mol. The van der Waals surface area contributed by atoms with Crippen LogP contribution in [0.15, 0.2) is 30.3 Å². The van der Waals surface area contributed by atoms with Crippen LogP contribution >= 0.6 is 0 Å². The van der Waals surface area contributed by atoms with Crippen molar-refractivity contribution in [2.75, 3.05) is 13.1 Å². The van der Waals surface area contributed by atoms with Gasteiger partial charge in [-0.25, -0.2) is 4.79 Å². The molecule has 4 unspecified atom stereocenters. The first kappa shape index (κ1) is 16.3. The van der Waals surface area contributed by atoms with Gasteiger partial charge in [-0.2, -0.15) is 0 Å². The van der Waals surface area contributed by atoms with E-state index in [4.69, 9.17) is 10.5 Å². The SMILES string of the molecule is CC(C)(C)OC(=O)N1CCC(C(N)C2CC2c2ccccc2)C1. The van der Waals surface area contributed by atoms with Crippen molar-refractivity contribution < 1.29 is 9.53 Å². The molecule has 1 aliphatic heterocycles. The van der Waals surface area contributed by atoms with Gasteiger partial charge in [0.1, 0.15) is 5.60 Å². The van der Waals surface area contributed by atoms with Gasteiger partial charge in [0, 0.05) is 19.1 Å². The molecular weight excluding hydrogens is 288 g/mol. The molecule has 4 nitrogen and oxygen atoms in total. The minimum atomic E-state index is -0.438. The van der Waals surface area contributed by atoms with Crippen molar-refractivity contribution in [1.82, 2.24) is 4.90 Å². The molecule has 126 valence electrons. The van der Waals surface area contributed by atoms with Crippen LogP contribution in [0, 0.1) is 11.8 Å². The van der Waals surface area contributed by atoms with Crippen LogP contribution in [0.3, 0.4) is 0 Å². The molecule has 1 amide bonds. The van der Waals surface area contributed by atoms with E-state index in [-0.39, 0.29) is 12.1 Å². The summed E-state index contributed by atoms with van der Waals surface area (Å²) in [6.45, 7) is 7.20. The smallest absolute Gasteiger partial charge is 0.410 e. The second kappa shape index (κ2) is 6.16. The molecule has 1 saturated heterocycles. The summed E-state index contributed by atoms with van der Waals surface area (Å²) in [6, 6.07) is 10.8. The molecule has 1 aromatic rings. The Morgan fingerprint density at radius 2 is 2.00 bits per heavy atom. The highest BCUT2D eigenvalue weighted by atomic mass is 16.6. The summed E-state index contributed by atoms with van der Waals surface area (Å²) in [7, 11) is 0. The zero-order chi connectivity index (χ0) is 16.6. The van der Waals surface area contributed by atoms with Crippen molar-refractivity contribution in [2.45, 2.75) is 51.2 Å². The molecule has 0 spiro atoms. The van der Waals surface area contributed by atoms with Crippen molar-refractivity contribution in [3.63, 3.8) is 0 Å². The minimum Gasteiger partial charge on any atom is -0.444 e. The number of carbonyl (C=O) groups is 1. The Bertz CT molecular complexity index is 552. The van der Waals surface area contributed by atoms with Gasteiger partial charge in [-0.3, -0.25) is 0 Å². The van der Waals surface area contributed by atoms with E-state index in [9.17, 15) is 4.79 Å². The third kappa shape index (κ3) is 3.86. The molecule has 2 N–H and O–H groups in total. The fraction of sp³-hybridized carbons (Fsp3) is 0.632. The van der Waals surface area contributed by atoms with Gasteiger partial charge in [0.05, 0.1) is 0 Å². The average Bonchev–Trinajstić information content (AvgIpc) is 3.13. The van der Waals surface area contributed by atoms with Crippen molar-refractivity contribution in [2.24, 2.45) is 17.6 Å². The Balaban J connectivity index is 1.53. The third-order valence-electron chi connectivity index (χ3n) is 4.98. The second-order valence-electron chi connectivity index (χ2n) is 7.97. The number of amides is 1. The first-order valence-corrected chi connectivity index (χ1v) is 8.63. The normalized spacial score (nSPS) is 28.5. The Morgan fingerprint density at radius 3 is 2.65 bits per heavy atom. The van der Waals surface area contributed by atoms with Crippen LogP contribution in [0.5, 0.6) is 0 Å². The van der Waals surface area contributed by atoms with E-state index in [0.717, 1.165) is 19.5 Å². The van der Waals surface area contributed by atoms with Crippen LogP contribution in [0.2, 0.25) is 0 Å². The lowest BCUT2D eigenvalue weighted by molar-refractivity contribution is 0.0286. The van der Waals surface area contributed by atoms with Crippen LogP contribution in [0.25, 0.3) is 0 Å². The van der Waals surface area contributed by atoms with Gasteiger partial charge in [0.25, 0.3) is 0 Å². The number of hydrogen-bond donors (Lipinski definition) is 1. The van der Waals surface area contributed by atoms with Crippen molar-refractivity contribution in [3.05, 3.63) is 35.9 Å². The maximum absolute atomic E-state index is 12.2. The highest BCUT2D eigenvalue weighted by Gasteiger charge is 2.46. The number of nitrogens with two attached hydrogens (primary N) is 1. The van der Waals surface area contributed by atoms with Crippen molar-refractivity contribution >= 4 is 6.09 Å². The largest absolute Gasteiger partial charge is 0.444 e. The van der Waals surface area contributed by atoms with Gasteiger partial charge in [0.15, 0.2) is 0 Å². The lowest BCUT2D eigenvalue weighted by Crippen LogP contribution is -2.38. The van der Waals surface area contributed by atoms with Gasteiger partial charge in [0.2, 0.25) is 0 Å². The molecule has 0 aromatic heterocycles. The maximum Gasteiger partial charge on any atom is 0.410 e. The fourth-order valence-electron chi connectivity index (χ4n) is 3.67. The lowest BCUT2D eigenvalue weighted by atomic mass is 9.93. The standard InChI is InChI=1S/C19H28N2O2/c1-19(2,3)23-18(22)21-10-9-14(12-21)17(20)16-11-15(16)13-7-5-4-6-8-13/h4-8,14-17H,9-12,20H2,1-3H3. The monoisotopic (exact) mass is 316 g/mol. The van der Waals surface area contributed by atoms with Crippen LogP contribution in [-0.4, -0.2) is 35.7 Å². The molecule has 23 heavy (non-hydrogen) atoms. The third-order valence-corrected chi connectivity index (χ3v) is 4.98. The summed E-state index contributed by atoms with van der Waals surface area (Å²) in [5.74, 6) is 1.55. The summed E-state index contributed by atoms with van der Waals surface area (Å²) < 4.78 is 5.46. The lowest BCUT2D eigenvalue weighted by Gasteiger charge is -2.25. The summed E-state index contributed by atoms with van der Waals surface area (Å²) >= 11 is 0. The van der Waals surface area contributed by atoms with Crippen LogP contribution in [0.4, 0.5) is 4.79 Å². The van der Waals surface area contributed by atoms with E-state index in [1.807, 2.05) is 25.7 Å². The Labute approximate surface area is 139 Å². The van der Waals surface area contributed by atoms with Crippen LogP contribution in [-0.2, 0) is 4.74 Å². The Hall–Kier alpha value is -1.55. The molecule has 2 fully saturated rings. The molecule has 1 saturated carbocycles. The fourth-order valence-corrected chi connectivity index (χ4v) is 3.67. The number of benzene rings is 1. The molecule has 4 heteroatoms.